The highest BCUT2D eigenvalue weighted by Gasteiger charge is 1.99. The van der Waals surface area contributed by atoms with E-state index in [1.165, 1.54) is 11.1 Å². The van der Waals surface area contributed by atoms with E-state index in [1.54, 1.807) is 0 Å². The number of hydrogen-bond acceptors (Lipinski definition) is 1. The van der Waals surface area contributed by atoms with E-state index in [-0.39, 0.29) is 0 Å². The van der Waals surface area contributed by atoms with Crippen LogP contribution in [0.2, 0.25) is 0 Å². The van der Waals surface area contributed by atoms with Gasteiger partial charge in [-0.15, -0.1) is 0 Å². The maximum absolute atomic E-state index is 5.76. The van der Waals surface area contributed by atoms with E-state index in [4.69, 9.17) is 5.73 Å². The highest BCUT2D eigenvalue weighted by molar-refractivity contribution is 5.36. The van der Waals surface area contributed by atoms with Crippen molar-refractivity contribution >= 4 is 0 Å². The highest BCUT2D eigenvalue weighted by Crippen LogP contribution is 2.16. The molecule has 0 aromatic rings. The summed E-state index contributed by atoms with van der Waals surface area (Å²) in [5, 5.41) is 0. The van der Waals surface area contributed by atoms with Crippen LogP contribution < -0.4 is 5.73 Å². The largest absolute Gasteiger partial charge is 0.402 e. The Kier molecular flexibility index (Phi) is 1.95. The lowest BCUT2D eigenvalue weighted by atomic mass is 10.1. The van der Waals surface area contributed by atoms with Gasteiger partial charge < -0.3 is 5.73 Å². The first-order chi connectivity index (χ1) is 4.72. The summed E-state index contributed by atoms with van der Waals surface area (Å²) in [4.78, 5) is 0. The fourth-order valence-corrected chi connectivity index (χ4v) is 0.939. The number of nitrogens with two attached hydrogens (primary N) is 1. The molecule has 54 valence electrons. The molecule has 0 radical (unpaired) electrons. The summed E-state index contributed by atoms with van der Waals surface area (Å²) in [7, 11) is 0. The van der Waals surface area contributed by atoms with Crippen molar-refractivity contribution in [3.8, 4) is 0 Å². The summed E-state index contributed by atoms with van der Waals surface area (Å²) in [5.41, 5.74) is 9.24. The number of hydrogen-bond donors (Lipinski definition) is 1. The Bertz CT molecular complexity index is 213. The first-order valence-electron chi connectivity index (χ1n) is 3.51. The molecule has 1 aliphatic carbocycles. The molecule has 1 aliphatic rings. The Morgan fingerprint density at radius 3 is 2.80 bits per heavy atom. The highest BCUT2D eigenvalue weighted by atomic mass is 14.6. The minimum absolute atomic E-state index is 0.889. The molecular formula is C9H13N. The van der Waals surface area contributed by atoms with Gasteiger partial charge in [0.2, 0.25) is 0 Å². The maximum Gasteiger partial charge on any atom is 0.0151 e. The van der Waals surface area contributed by atoms with E-state index in [9.17, 15) is 0 Å². The fourth-order valence-electron chi connectivity index (χ4n) is 0.939. The molecule has 0 aliphatic heterocycles. The van der Waals surface area contributed by atoms with Crippen LogP contribution in [0.15, 0.2) is 35.1 Å². The average Bonchev–Trinajstić information content (AvgIpc) is 2.04. The second-order valence-electron chi connectivity index (χ2n) is 2.63. The Morgan fingerprint density at radius 1 is 1.40 bits per heavy atom. The molecule has 0 heterocycles. The van der Waals surface area contributed by atoms with Crippen molar-refractivity contribution in [3.63, 3.8) is 0 Å². The van der Waals surface area contributed by atoms with Gasteiger partial charge in [-0.25, -0.2) is 0 Å². The third-order valence-corrected chi connectivity index (χ3v) is 1.89. The lowest BCUT2D eigenvalue weighted by molar-refractivity contribution is 1.11. The van der Waals surface area contributed by atoms with Gasteiger partial charge in [0.1, 0.15) is 0 Å². The second-order valence-corrected chi connectivity index (χ2v) is 2.63. The molecule has 0 atom stereocenters. The van der Waals surface area contributed by atoms with Gasteiger partial charge in [-0.05, 0) is 25.0 Å². The zero-order valence-electron chi connectivity index (χ0n) is 6.52. The van der Waals surface area contributed by atoms with Crippen LogP contribution in [-0.4, -0.2) is 0 Å². The standard InChI is InChI=1S/C9H13N/c1-7-5-3-4-6-9(10)8(7)2/h3-5H,6,10H2,1-2H3. The summed E-state index contributed by atoms with van der Waals surface area (Å²) >= 11 is 0. The predicted molar refractivity (Wildman–Crippen MR) is 44.4 cm³/mol. The quantitative estimate of drug-likeness (QED) is 0.541. The Balaban J connectivity index is 3.00. The number of rotatable bonds is 0. The first kappa shape index (κ1) is 7.13. The third-order valence-electron chi connectivity index (χ3n) is 1.89. The van der Waals surface area contributed by atoms with Crippen LogP contribution in [-0.2, 0) is 0 Å². The SMILES string of the molecule is CC1=CC=CCC(N)=C1C. The molecule has 2 N–H and O–H groups in total. The molecule has 0 saturated carbocycles. The smallest absolute Gasteiger partial charge is 0.0151 e. The Morgan fingerprint density at radius 2 is 2.10 bits per heavy atom. The van der Waals surface area contributed by atoms with Crippen molar-refractivity contribution in [3.05, 3.63) is 35.1 Å². The third kappa shape index (κ3) is 1.29. The molecule has 10 heavy (non-hydrogen) atoms. The second kappa shape index (κ2) is 2.74. The molecule has 1 heteroatoms. The molecule has 0 fully saturated rings. The van der Waals surface area contributed by atoms with E-state index in [0.29, 0.717) is 0 Å². The van der Waals surface area contributed by atoms with Gasteiger partial charge in [0.05, 0.1) is 0 Å². The van der Waals surface area contributed by atoms with Gasteiger partial charge >= 0.3 is 0 Å². The van der Waals surface area contributed by atoms with Crippen molar-refractivity contribution in [1.29, 1.82) is 0 Å². The maximum atomic E-state index is 5.76. The van der Waals surface area contributed by atoms with Crippen LogP contribution >= 0.6 is 0 Å². The number of allylic oxidation sites excluding steroid dienone is 5. The van der Waals surface area contributed by atoms with Crippen molar-refractivity contribution in [1.82, 2.24) is 0 Å². The van der Waals surface area contributed by atoms with Crippen LogP contribution in [0, 0.1) is 0 Å². The minimum atomic E-state index is 0.889. The van der Waals surface area contributed by atoms with Crippen molar-refractivity contribution < 1.29 is 0 Å². The molecule has 0 saturated heterocycles. The molecule has 0 bridgehead atoms. The molecule has 0 spiro atoms. The zero-order valence-corrected chi connectivity index (χ0v) is 6.52. The summed E-state index contributed by atoms with van der Waals surface area (Å²) in [6, 6.07) is 0. The van der Waals surface area contributed by atoms with Gasteiger partial charge in [0.25, 0.3) is 0 Å². The monoisotopic (exact) mass is 135 g/mol. The summed E-state index contributed by atoms with van der Waals surface area (Å²) in [6.45, 7) is 4.14. The Labute approximate surface area is 61.9 Å². The van der Waals surface area contributed by atoms with E-state index in [1.807, 2.05) is 0 Å². The predicted octanol–water partition coefficient (Wildman–Crippen LogP) is 2.13. The van der Waals surface area contributed by atoms with Crippen molar-refractivity contribution in [2.24, 2.45) is 5.73 Å². The van der Waals surface area contributed by atoms with Crippen LogP contribution in [0.4, 0.5) is 0 Å². The molecule has 0 aromatic carbocycles. The molecule has 0 amide bonds. The van der Waals surface area contributed by atoms with Crippen LogP contribution in [0.25, 0.3) is 0 Å². The lowest BCUT2D eigenvalue weighted by Crippen LogP contribution is -1.99. The average molecular weight is 135 g/mol. The summed E-state index contributed by atoms with van der Waals surface area (Å²) in [6.07, 6.45) is 7.11. The minimum Gasteiger partial charge on any atom is -0.402 e. The van der Waals surface area contributed by atoms with Crippen molar-refractivity contribution in [2.75, 3.05) is 0 Å². The molecule has 0 unspecified atom stereocenters. The van der Waals surface area contributed by atoms with E-state index in [2.05, 4.69) is 32.1 Å². The van der Waals surface area contributed by atoms with E-state index < -0.39 is 0 Å². The molecule has 1 rings (SSSR count). The molecular weight excluding hydrogens is 122 g/mol. The van der Waals surface area contributed by atoms with Gasteiger partial charge in [-0.2, -0.15) is 0 Å². The normalized spacial score (nSPS) is 18.8. The molecule has 1 nitrogen and oxygen atoms in total. The lowest BCUT2D eigenvalue weighted by Gasteiger charge is -2.02. The van der Waals surface area contributed by atoms with Gasteiger partial charge in [-0.1, -0.05) is 18.2 Å². The topological polar surface area (TPSA) is 26.0 Å². The first-order valence-corrected chi connectivity index (χ1v) is 3.51. The summed E-state index contributed by atoms with van der Waals surface area (Å²) in [5.74, 6) is 0. The molecule has 0 aromatic heterocycles. The van der Waals surface area contributed by atoms with E-state index in [0.717, 1.165) is 12.1 Å². The van der Waals surface area contributed by atoms with Crippen molar-refractivity contribution in [2.45, 2.75) is 20.3 Å². The Hall–Kier alpha value is -0.980. The zero-order chi connectivity index (χ0) is 7.56. The fraction of sp³-hybridized carbons (Fsp3) is 0.333. The van der Waals surface area contributed by atoms with Gasteiger partial charge in [-0.3, -0.25) is 0 Å². The van der Waals surface area contributed by atoms with E-state index >= 15 is 0 Å². The van der Waals surface area contributed by atoms with Crippen LogP contribution in [0.1, 0.15) is 20.3 Å². The van der Waals surface area contributed by atoms with Crippen LogP contribution in [0.3, 0.4) is 0 Å². The van der Waals surface area contributed by atoms with Gasteiger partial charge in [0.15, 0.2) is 0 Å². The van der Waals surface area contributed by atoms with Crippen LogP contribution in [0.5, 0.6) is 0 Å². The summed E-state index contributed by atoms with van der Waals surface area (Å²) < 4.78 is 0. The van der Waals surface area contributed by atoms with Gasteiger partial charge in [0, 0.05) is 12.1 Å².